The van der Waals surface area contributed by atoms with Crippen LogP contribution in [-0.2, 0) is 0 Å². The Bertz CT molecular complexity index is 371. The Morgan fingerprint density at radius 1 is 1.39 bits per heavy atom. The van der Waals surface area contributed by atoms with Gasteiger partial charge in [-0.3, -0.25) is 0 Å². The van der Waals surface area contributed by atoms with E-state index in [-0.39, 0.29) is 6.61 Å². The van der Waals surface area contributed by atoms with Crippen LogP contribution in [0, 0.1) is 13.8 Å². The normalized spacial score (nSPS) is 9.22. The first kappa shape index (κ1) is 16.8. The molecule has 0 aliphatic heterocycles. The summed E-state index contributed by atoms with van der Waals surface area (Å²) in [4.78, 5) is 12.3. The van der Waals surface area contributed by atoms with E-state index in [1.54, 1.807) is 18.7 Å². The van der Waals surface area contributed by atoms with E-state index >= 15 is 0 Å². The fourth-order valence-electron chi connectivity index (χ4n) is 1.45. The van der Waals surface area contributed by atoms with E-state index in [2.05, 4.69) is 5.32 Å². The van der Waals surface area contributed by atoms with Gasteiger partial charge in [0.25, 0.3) is 0 Å². The number of hydrogen-bond acceptors (Lipinski definition) is 4. The summed E-state index contributed by atoms with van der Waals surface area (Å²) in [6, 6.07) is 3.74. The Morgan fingerprint density at radius 2 is 1.83 bits per heavy atom. The molecule has 1 aromatic rings. The van der Waals surface area contributed by atoms with Crippen molar-refractivity contribution in [2.45, 2.75) is 25.7 Å². The molecular weight excluding hydrogens is 250 g/mol. The molecule has 1 rings (SSSR count). The number of thioether (sulfide) groups is 1. The second-order valence-corrected chi connectivity index (χ2v) is 4.36. The van der Waals surface area contributed by atoms with Crippen molar-refractivity contribution in [3.63, 3.8) is 0 Å². The minimum Gasteiger partial charge on any atom is -0.410 e. The molecule has 18 heavy (non-hydrogen) atoms. The fourth-order valence-corrected chi connectivity index (χ4v) is 2.21. The number of nitrogens with one attached hydrogen (secondary N) is 1. The van der Waals surface area contributed by atoms with Crippen LogP contribution in [-0.4, -0.2) is 31.1 Å². The molecule has 0 aromatic heterocycles. The average Bonchev–Trinajstić information content (AvgIpc) is 2.29. The van der Waals surface area contributed by atoms with Crippen LogP contribution in [0.3, 0.4) is 0 Å². The van der Waals surface area contributed by atoms with Gasteiger partial charge in [0.2, 0.25) is 0 Å². The molecule has 0 aliphatic rings. The highest BCUT2D eigenvalue weighted by molar-refractivity contribution is 7.98. The van der Waals surface area contributed by atoms with Crippen LogP contribution in [0.25, 0.3) is 0 Å². The maximum atomic E-state index is 11.0. The topological polar surface area (TPSA) is 58.6 Å². The first-order valence-electron chi connectivity index (χ1n) is 5.65. The first-order valence-corrected chi connectivity index (χ1v) is 6.88. The van der Waals surface area contributed by atoms with Crippen molar-refractivity contribution in [3.8, 4) is 5.75 Å². The fraction of sp³-hybridized carbons (Fsp3) is 0.462. The van der Waals surface area contributed by atoms with E-state index in [9.17, 15) is 4.79 Å². The molecular formula is C13H21NO3S. The third kappa shape index (κ3) is 5.42. The number of rotatable bonds is 2. The molecule has 0 heterocycles. The summed E-state index contributed by atoms with van der Waals surface area (Å²) in [6.07, 6.45) is 1.60. The zero-order valence-electron chi connectivity index (χ0n) is 11.5. The number of aliphatic hydroxyl groups is 1. The van der Waals surface area contributed by atoms with Crippen LogP contribution < -0.4 is 10.1 Å². The van der Waals surface area contributed by atoms with E-state index in [0.717, 1.165) is 11.1 Å². The Morgan fingerprint density at radius 3 is 2.17 bits per heavy atom. The van der Waals surface area contributed by atoms with E-state index in [4.69, 9.17) is 9.84 Å². The molecule has 0 aliphatic carbocycles. The van der Waals surface area contributed by atoms with Gasteiger partial charge in [0.1, 0.15) is 5.75 Å². The maximum absolute atomic E-state index is 11.0. The molecule has 0 unspecified atom stereocenters. The molecule has 0 saturated carbocycles. The largest absolute Gasteiger partial charge is 0.412 e. The SMILES string of the molecule is CCO.CNC(=O)Oc1cc(C)c(SC)c(C)c1. The molecule has 0 saturated heterocycles. The second-order valence-electron chi connectivity index (χ2n) is 3.55. The predicted molar refractivity (Wildman–Crippen MR) is 75.5 cm³/mol. The van der Waals surface area contributed by atoms with E-state index in [1.165, 1.54) is 11.9 Å². The Labute approximate surface area is 113 Å². The number of ether oxygens (including phenoxy) is 1. The van der Waals surface area contributed by atoms with Crippen LogP contribution in [0.4, 0.5) is 4.79 Å². The van der Waals surface area contributed by atoms with Crippen molar-refractivity contribution in [2.75, 3.05) is 19.9 Å². The van der Waals surface area contributed by atoms with Gasteiger partial charge in [-0.1, -0.05) is 0 Å². The van der Waals surface area contributed by atoms with E-state index < -0.39 is 6.09 Å². The zero-order valence-corrected chi connectivity index (χ0v) is 12.4. The number of carbonyl (C=O) groups is 1. The average molecular weight is 271 g/mol. The molecule has 0 atom stereocenters. The molecule has 102 valence electrons. The van der Waals surface area contributed by atoms with Gasteiger partial charge < -0.3 is 15.2 Å². The van der Waals surface area contributed by atoms with Gasteiger partial charge in [-0.15, -0.1) is 11.8 Å². The molecule has 0 fully saturated rings. The lowest BCUT2D eigenvalue weighted by atomic mass is 10.1. The van der Waals surface area contributed by atoms with Gasteiger partial charge in [0, 0.05) is 18.6 Å². The summed E-state index contributed by atoms with van der Waals surface area (Å²) < 4.78 is 5.07. The summed E-state index contributed by atoms with van der Waals surface area (Å²) in [5.41, 5.74) is 2.25. The van der Waals surface area contributed by atoms with Crippen LogP contribution in [0.2, 0.25) is 0 Å². The lowest BCUT2D eigenvalue weighted by Gasteiger charge is -2.10. The summed E-state index contributed by atoms with van der Waals surface area (Å²) in [5.74, 6) is 0.585. The van der Waals surface area contributed by atoms with Gasteiger partial charge in [-0.2, -0.15) is 0 Å². The van der Waals surface area contributed by atoms with Crippen molar-refractivity contribution >= 4 is 17.9 Å². The van der Waals surface area contributed by atoms with Gasteiger partial charge in [0.15, 0.2) is 0 Å². The third-order valence-electron chi connectivity index (χ3n) is 2.05. The minimum absolute atomic E-state index is 0.250. The monoisotopic (exact) mass is 271 g/mol. The molecule has 1 aromatic carbocycles. The molecule has 0 bridgehead atoms. The summed E-state index contributed by atoms with van der Waals surface area (Å²) in [5, 5.41) is 9.98. The minimum atomic E-state index is -0.439. The molecule has 2 N–H and O–H groups in total. The predicted octanol–water partition coefficient (Wildman–Crippen LogP) is 2.74. The zero-order chi connectivity index (χ0) is 14.1. The Kier molecular flexibility index (Phi) is 8.24. The van der Waals surface area contributed by atoms with Gasteiger partial charge in [-0.05, 0) is 50.3 Å². The van der Waals surface area contributed by atoms with Crippen LogP contribution in [0.5, 0.6) is 5.75 Å². The lowest BCUT2D eigenvalue weighted by Crippen LogP contribution is -2.22. The Hall–Kier alpha value is -1.20. The second kappa shape index (κ2) is 8.83. The number of benzene rings is 1. The molecule has 0 radical (unpaired) electrons. The first-order chi connectivity index (χ1) is 8.49. The molecule has 1 amide bonds. The number of aliphatic hydroxyl groups excluding tert-OH is 1. The van der Waals surface area contributed by atoms with Crippen molar-refractivity contribution in [1.82, 2.24) is 5.32 Å². The van der Waals surface area contributed by atoms with Crippen molar-refractivity contribution in [2.24, 2.45) is 0 Å². The highest BCUT2D eigenvalue weighted by Crippen LogP contribution is 2.28. The molecule has 4 nitrogen and oxygen atoms in total. The van der Waals surface area contributed by atoms with Crippen LogP contribution in [0.15, 0.2) is 17.0 Å². The maximum Gasteiger partial charge on any atom is 0.412 e. The highest BCUT2D eigenvalue weighted by Gasteiger charge is 2.07. The standard InChI is InChI=1S/C11H15NO2S.C2H6O/c1-7-5-9(14-11(13)12-3)6-8(2)10(7)15-4;1-2-3/h5-6H,1-4H3,(H,12,13);3H,2H2,1H3. The number of aryl methyl sites for hydroxylation is 2. The summed E-state index contributed by atoms with van der Waals surface area (Å²) in [7, 11) is 1.54. The van der Waals surface area contributed by atoms with E-state index in [0.29, 0.717) is 5.75 Å². The quantitative estimate of drug-likeness (QED) is 0.812. The molecule has 0 spiro atoms. The van der Waals surface area contributed by atoms with E-state index in [1.807, 2.05) is 32.2 Å². The van der Waals surface area contributed by atoms with Crippen molar-refractivity contribution in [1.29, 1.82) is 0 Å². The number of carbonyl (C=O) groups excluding carboxylic acids is 1. The lowest BCUT2D eigenvalue weighted by molar-refractivity contribution is 0.203. The third-order valence-corrected chi connectivity index (χ3v) is 3.10. The molecule has 5 heteroatoms. The van der Waals surface area contributed by atoms with Gasteiger partial charge in [0.05, 0.1) is 0 Å². The van der Waals surface area contributed by atoms with Crippen molar-refractivity contribution < 1.29 is 14.6 Å². The van der Waals surface area contributed by atoms with Gasteiger partial charge >= 0.3 is 6.09 Å². The summed E-state index contributed by atoms with van der Waals surface area (Å²) >= 11 is 1.70. The van der Waals surface area contributed by atoms with Crippen LogP contribution in [0.1, 0.15) is 18.1 Å². The van der Waals surface area contributed by atoms with Crippen molar-refractivity contribution in [3.05, 3.63) is 23.3 Å². The van der Waals surface area contributed by atoms with Gasteiger partial charge in [-0.25, -0.2) is 4.79 Å². The highest BCUT2D eigenvalue weighted by atomic mass is 32.2. The smallest absolute Gasteiger partial charge is 0.410 e. The number of amides is 1. The number of hydrogen-bond donors (Lipinski definition) is 2. The summed E-state index contributed by atoms with van der Waals surface area (Å²) in [6.45, 7) is 5.95. The Balaban J connectivity index is 0.000000873. The van der Waals surface area contributed by atoms with Crippen LogP contribution >= 0.6 is 11.8 Å².